The summed E-state index contributed by atoms with van der Waals surface area (Å²) in [4.78, 5) is 13.8. The first-order chi connectivity index (χ1) is 15.5. The second-order valence-corrected chi connectivity index (χ2v) is 7.58. The van der Waals surface area contributed by atoms with Gasteiger partial charge in [0.1, 0.15) is 17.2 Å². The lowest BCUT2D eigenvalue weighted by atomic mass is 9.89. The van der Waals surface area contributed by atoms with E-state index < -0.39 is 5.97 Å². The van der Waals surface area contributed by atoms with Gasteiger partial charge in [-0.3, -0.25) is 9.69 Å². The molecule has 1 heterocycles. The van der Waals surface area contributed by atoms with Crippen molar-refractivity contribution in [3.8, 4) is 28.7 Å². The van der Waals surface area contributed by atoms with Crippen molar-refractivity contribution in [3.63, 3.8) is 0 Å². The van der Waals surface area contributed by atoms with E-state index in [1.165, 1.54) is 0 Å². The number of rotatable bonds is 9. The minimum absolute atomic E-state index is 0.314. The van der Waals surface area contributed by atoms with E-state index in [1.807, 2.05) is 24.3 Å². The topological polar surface area (TPSA) is 86.7 Å². The molecule has 2 aromatic carbocycles. The van der Waals surface area contributed by atoms with Crippen LogP contribution >= 0.6 is 0 Å². The van der Waals surface area contributed by atoms with Crippen LogP contribution in [0.3, 0.4) is 0 Å². The smallest absolute Gasteiger partial charge is 0.306 e. The highest BCUT2D eigenvalue weighted by atomic mass is 16.5. The highest BCUT2D eigenvalue weighted by Crippen LogP contribution is 2.47. The lowest BCUT2D eigenvalue weighted by molar-refractivity contribution is -0.143. The molecule has 1 aliphatic rings. The summed E-state index contributed by atoms with van der Waals surface area (Å²) in [5, 5.41) is 9.46. The Morgan fingerprint density at radius 2 is 1.34 bits per heavy atom. The van der Waals surface area contributed by atoms with Crippen molar-refractivity contribution in [2.24, 2.45) is 5.92 Å². The SMILES string of the molecule is COc1cc(OC)c(C(c2c(OC)cccc2OC)N2CCC(C(=O)O)CC2)cc1OC. The first-order valence-corrected chi connectivity index (χ1v) is 10.5. The number of carboxylic acids is 1. The number of likely N-dealkylation sites (tertiary alicyclic amines) is 1. The Balaban J connectivity index is 2.21. The molecule has 0 aromatic heterocycles. The highest BCUT2D eigenvalue weighted by molar-refractivity contribution is 5.70. The minimum atomic E-state index is -0.750. The first-order valence-electron chi connectivity index (χ1n) is 10.5. The summed E-state index contributed by atoms with van der Waals surface area (Å²) in [5.41, 5.74) is 1.69. The number of piperidine rings is 1. The van der Waals surface area contributed by atoms with E-state index in [1.54, 1.807) is 41.6 Å². The first kappa shape index (κ1) is 23.5. The number of aliphatic carboxylic acids is 1. The molecule has 0 spiro atoms. The molecule has 0 aliphatic carbocycles. The molecule has 1 aliphatic heterocycles. The maximum absolute atomic E-state index is 11.5. The molecule has 2 aromatic rings. The molecule has 1 unspecified atom stereocenters. The molecule has 1 N–H and O–H groups in total. The summed E-state index contributed by atoms with van der Waals surface area (Å²) in [5.74, 6) is 2.00. The van der Waals surface area contributed by atoms with Gasteiger partial charge in [-0.25, -0.2) is 0 Å². The van der Waals surface area contributed by atoms with E-state index in [0.29, 0.717) is 54.7 Å². The van der Waals surface area contributed by atoms with Gasteiger partial charge in [-0.15, -0.1) is 0 Å². The van der Waals surface area contributed by atoms with Crippen LogP contribution in [0, 0.1) is 5.92 Å². The molecule has 174 valence electrons. The fourth-order valence-corrected chi connectivity index (χ4v) is 4.36. The summed E-state index contributed by atoms with van der Waals surface area (Å²) < 4.78 is 28.2. The number of benzene rings is 2. The third-order valence-electron chi connectivity index (χ3n) is 6.01. The zero-order chi connectivity index (χ0) is 23.3. The van der Waals surface area contributed by atoms with Crippen molar-refractivity contribution in [1.82, 2.24) is 4.90 Å². The molecular formula is C24H31NO7. The standard InChI is InChI=1S/C24H31NO7/c1-28-17-7-6-8-18(29-2)22(17)23(25-11-9-15(10-12-25)24(26)27)16-13-20(31-4)21(32-5)14-19(16)30-3/h6-8,13-15,23H,9-12H2,1-5H3,(H,26,27). The van der Waals surface area contributed by atoms with Gasteiger partial charge < -0.3 is 28.8 Å². The van der Waals surface area contributed by atoms with E-state index in [-0.39, 0.29) is 12.0 Å². The van der Waals surface area contributed by atoms with Gasteiger partial charge in [-0.1, -0.05) is 6.07 Å². The monoisotopic (exact) mass is 445 g/mol. The number of carboxylic acid groups (broad SMARTS) is 1. The maximum atomic E-state index is 11.5. The van der Waals surface area contributed by atoms with Gasteiger partial charge >= 0.3 is 5.97 Å². The van der Waals surface area contributed by atoms with E-state index in [2.05, 4.69) is 4.90 Å². The quantitative estimate of drug-likeness (QED) is 0.626. The van der Waals surface area contributed by atoms with Crippen molar-refractivity contribution in [3.05, 3.63) is 41.5 Å². The number of nitrogens with zero attached hydrogens (tertiary/aromatic N) is 1. The maximum Gasteiger partial charge on any atom is 0.306 e. The average Bonchev–Trinajstić information content (AvgIpc) is 2.84. The molecule has 8 heteroatoms. The van der Waals surface area contributed by atoms with E-state index in [9.17, 15) is 9.90 Å². The minimum Gasteiger partial charge on any atom is -0.496 e. The van der Waals surface area contributed by atoms with E-state index in [0.717, 1.165) is 11.1 Å². The van der Waals surface area contributed by atoms with Gasteiger partial charge in [0.2, 0.25) is 0 Å². The van der Waals surface area contributed by atoms with Crippen LogP contribution in [0.2, 0.25) is 0 Å². The summed E-state index contributed by atoms with van der Waals surface area (Å²) in [6.45, 7) is 1.20. The molecule has 1 atom stereocenters. The van der Waals surface area contributed by atoms with Crippen molar-refractivity contribution < 1.29 is 33.6 Å². The second-order valence-electron chi connectivity index (χ2n) is 7.58. The van der Waals surface area contributed by atoms with Gasteiger partial charge in [0.25, 0.3) is 0 Å². The summed E-state index contributed by atoms with van der Waals surface area (Å²) >= 11 is 0. The second kappa shape index (κ2) is 10.5. The van der Waals surface area contributed by atoms with Crippen LogP contribution in [-0.4, -0.2) is 64.6 Å². The van der Waals surface area contributed by atoms with Crippen LogP contribution in [0.1, 0.15) is 30.0 Å². The number of hydrogen-bond acceptors (Lipinski definition) is 7. The molecule has 1 saturated heterocycles. The number of ether oxygens (including phenoxy) is 5. The van der Waals surface area contributed by atoms with Crippen molar-refractivity contribution in [2.75, 3.05) is 48.6 Å². The van der Waals surface area contributed by atoms with Gasteiger partial charge in [0.05, 0.1) is 53.1 Å². The normalized spacial score (nSPS) is 15.7. The molecule has 1 fully saturated rings. The van der Waals surface area contributed by atoms with Crippen molar-refractivity contribution >= 4 is 5.97 Å². The Bertz CT molecular complexity index is 916. The van der Waals surface area contributed by atoms with Crippen LogP contribution in [0.4, 0.5) is 0 Å². The summed E-state index contributed by atoms with van der Waals surface area (Å²) in [6.07, 6.45) is 1.11. The zero-order valence-corrected chi connectivity index (χ0v) is 19.2. The van der Waals surface area contributed by atoms with Crippen molar-refractivity contribution in [2.45, 2.75) is 18.9 Å². The Labute approximate surface area is 188 Å². The van der Waals surface area contributed by atoms with Gasteiger partial charge in [-0.05, 0) is 44.1 Å². The van der Waals surface area contributed by atoms with Crippen molar-refractivity contribution in [1.29, 1.82) is 0 Å². The van der Waals surface area contributed by atoms with E-state index >= 15 is 0 Å². The Morgan fingerprint density at radius 3 is 1.81 bits per heavy atom. The third-order valence-corrected chi connectivity index (χ3v) is 6.01. The molecule has 3 rings (SSSR count). The summed E-state index contributed by atoms with van der Waals surface area (Å²) in [6, 6.07) is 9.04. The lowest BCUT2D eigenvalue weighted by Gasteiger charge is -2.38. The average molecular weight is 446 g/mol. The van der Waals surface area contributed by atoms with Crippen LogP contribution in [0.5, 0.6) is 28.7 Å². The molecule has 0 saturated carbocycles. The Morgan fingerprint density at radius 1 is 0.844 bits per heavy atom. The van der Waals surface area contributed by atoms with Gasteiger partial charge in [0.15, 0.2) is 11.5 Å². The Hall–Kier alpha value is -3.13. The van der Waals surface area contributed by atoms with Crippen LogP contribution in [0.15, 0.2) is 30.3 Å². The Kier molecular flexibility index (Phi) is 7.69. The molecule has 0 amide bonds. The largest absolute Gasteiger partial charge is 0.496 e. The van der Waals surface area contributed by atoms with Crippen LogP contribution in [0.25, 0.3) is 0 Å². The molecule has 8 nitrogen and oxygen atoms in total. The number of methoxy groups -OCH3 is 5. The molecular weight excluding hydrogens is 414 g/mol. The summed E-state index contributed by atoms with van der Waals surface area (Å²) in [7, 11) is 8.02. The lowest BCUT2D eigenvalue weighted by Crippen LogP contribution is -2.39. The fraction of sp³-hybridized carbons (Fsp3) is 0.458. The highest BCUT2D eigenvalue weighted by Gasteiger charge is 2.35. The molecule has 0 bridgehead atoms. The van der Waals surface area contributed by atoms with Crippen LogP contribution in [-0.2, 0) is 4.79 Å². The van der Waals surface area contributed by atoms with Crippen LogP contribution < -0.4 is 23.7 Å². The predicted molar refractivity (Wildman–Crippen MR) is 119 cm³/mol. The number of carbonyl (C=O) groups is 1. The predicted octanol–water partition coefficient (Wildman–Crippen LogP) is 3.62. The van der Waals surface area contributed by atoms with Gasteiger partial charge in [-0.2, -0.15) is 0 Å². The number of hydrogen-bond donors (Lipinski definition) is 1. The molecule has 0 radical (unpaired) electrons. The van der Waals surface area contributed by atoms with E-state index in [4.69, 9.17) is 23.7 Å². The fourth-order valence-electron chi connectivity index (χ4n) is 4.36. The zero-order valence-electron chi connectivity index (χ0n) is 19.2. The van der Waals surface area contributed by atoms with Gasteiger partial charge in [0, 0.05) is 11.6 Å². The third kappa shape index (κ3) is 4.55. The molecule has 32 heavy (non-hydrogen) atoms.